The van der Waals surface area contributed by atoms with Gasteiger partial charge in [0.1, 0.15) is 11.3 Å². The van der Waals surface area contributed by atoms with Gasteiger partial charge in [-0.05, 0) is 30.9 Å². The standard InChI is InChI=1S/C17H18ClN5/c1-19-17-22-14-9-20-16(21-13-5-3-2-4-12(13)18)8-15(14)23(17)10-11-6-7-11/h2-5,8-9,11H,6-7,10H2,1H3,(H,19,22)(H,20,21). The van der Waals surface area contributed by atoms with Crippen LogP contribution in [0.5, 0.6) is 0 Å². The van der Waals surface area contributed by atoms with Crippen molar-refractivity contribution < 1.29 is 0 Å². The number of anilines is 3. The van der Waals surface area contributed by atoms with Crippen molar-refractivity contribution in [2.75, 3.05) is 17.7 Å². The molecule has 2 heterocycles. The van der Waals surface area contributed by atoms with Crippen molar-refractivity contribution in [1.29, 1.82) is 0 Å². The summed E-state index contributed by atoms with van der Waals surface area (Å²) in [6.45, 7) is 1.00. The number of nitrogens with zero attached hydrogens (tertiary/aromatic N) is 3. The minimum absolute atomic E-state index is 0.678. The van der Waals surface area contributed by atoms with Crippen molar-refractivity contribution in [3.05, 3.63) is 41.6 Å². The van der Waals surface area contributed by atoms with E-state index in [-0.39, 0.29) is 0 Å². The van der Waals surface area contributed by atoms with Gasteiger partial charge in [0.2, 0.25) is 5.95 Å². The van der Waals surface area contributed by atoms with Crippen LogP contribution in [0.2, 0.25) is 5.02 Å². The lowest BCUT2D eigenvalue weighted by molar-refractivity contribution is 0.648. The number of imidazole rings is 1. The average Bonchev–Trinajstić information content (AvgIpc) is 3.31. The van der Waals surface area contributed by atoms with Crippen LogP contribution in [0.3, 0.4) is 0 Å². The maximum atomic E-state index is 6.21. The van der Waals surface area contributed by atoms with Crippen LogP contribution in [-0.4, -0.2) is 21.6 Å². The molecule has 0 amide bonds. The van der Waals surface area contributed by atoms with E-state index in [1.165, 1.54) is 12.8 Å². The molecule has 0 saturated heterocycles. The zero-order valence-electron chi connectivity index (χ0n) is 12.9. The van der Waals surface area contributed by atoms with E-state index in [2.05, 4.69) is 25.2 Å². The second-order valence-electron chi connectivity index (χ2n) is 5.90. The van der Waals surface area contributed by atoms with Gasteiger partial charge in [-0.25, -0.2) is 9.97 Å². The monoisotopic (exact) mass is 327 g/mol. The Bertz CT molecular complexity index is 853. The molecule has 0 atom stereocenters. The summed E-state index contributed by atoms with van der Waals surface area (Å²) in [4.78, 5) is 9.07. The molecule has 0 radical (unpaired) electrons. The maximum absolute atomic E-state index is 6.21. The molecule has 2 aromatic heterocycles. The van der Waals surface area contributed by atoms with Gasteiger partial charge < -0.3 is 15.2 Å². The summed E-state index contributed by atoms with van der Waals surface area (Å²) in [6, 6.07) is 9.69. The van der Waals surface area contributed by atoms with Crippen molar-refractivity contribution in [2.45, 2.75) is 19.4 Å². The summed E-state index contributed by atoms with van der Waals surface area (Å²) in [5.41, 5.74) is 2.84. The Morgan fingerprint density at radius 3 is 2.87 bits per heavy atom. The van der Waals surface area contributed by atoms with Crippen LogP contribution in [0.15, 0.2) is 36.5 Å². The number of aromatic nitrogens is 3. The molecule has 0 bridgehead atoms. The minimum Gasteiger partial charge on any atom is -0.359 e. The molecular formula is C17H18ClN5. The van der Waals surface area contributed by atoms with E-state index in [1.807, 2.05) is 37.4 Å². The van der Waals surface area contributed by atoms with Gasteiger partial charge in [0.25, 0.3) is 0 Å². The first-order valence-corrected chi connectivity index (χ1v) is 8.18. The SMILES string of the molecule is CNc1nc2cnc(Nc3ccccc3Cl)cc2n1CC1CC1. The molecule has 1 aliphatic carbocycles. The molecule has 4 rings (SSSR count). The first kappa shape index (κ1) is 14.3. The number of hydrogen-bond acceptors (Lipinski definition) is 4. The van der Waals surface area contributed by atoms with Crippen LogP contribution in [0.1, 0.15) is 12.8 Å². The summed E-state index contributed by atoms with van der Waals surface area (Å²) >= 11 is 6.21. The van der Waals surface area contributed by atoms with E-state index in [0.29, 0.717) is 5.02 Å². The highest BCUT2D eigenvalue weighted by Gasteiger charge is 2.24. The van der Waals surface area contributed by atoms with Gasteiger partial charge in [0, 0.05) is 19.7 Å². The fourth-order valence-electron chi connectivity index (χ4n) is 2.73. The van der Waals surface area contributed by atoms with Crippen LogP contribution >= 0.6 is 11.6 Å². The van der Waals surface area contributed by atoms with Gasteiger partial charge >= 0.3 is 0 Å². The van der Waals surface area contributed by atoms with E-state index < -0.39 is 0 Å². The van der Waals surface area contributed by atoms with Crippen LogP contribution in [0.4, 0.5) is 17.5 Å². The second kappa shape index (κ2) is 5.74. The number of rotatable bonds is 5. The lowest BCUT2D eigenvalue weighted by Gasteiger charge is -2.09. The summed E-state index contributed by atoms with van der Waals surface area (Å²) in [7, 11) is 1.90. The van der Waals surface area contributed by atoms with Crippen molar-refractivity contribution in [2.24, 2.45) is 5.92 Å². The molecule has 6 heteroatoms. The van der Waals surface area contributed by atoms with Crippen molar-refractivity contribution in [1.82, 2.24) is 14.5 Å². The highest BCUT2D eigenvalue weighted by atomic mass is 35.5. The van der Waals surface area contributed by atoms with Crippen LogP contribution < -0.4 is 10.6 Å². The van der Waals surface area contributed by atoms with E-state index in [4.69, 9.17) is 11.6 Å². The Morgan fingerprint density at radius 2 is 2.13 bits per heavy atom. The minimum atomic E-state index is 0.678. The number of pyridine rings is 1. The van der Waals surface area contributed by atoms with Crippen molar-refractivity contribution in [3.8, 4) is 0 Å². The van der Waals surface area contributed by atoms with Gasteiger partial charge in [-0.1, -0.05) is 23.7 Å². The smallest absolute Gasteiger partial charge is 0.203 e. The lowest BCUT2D eigenvalue weighted by Crippen LogP contribution is -2.05. The van der Waals surface area contributed by atoms with E-state index in [0.717, 1.165) is 40.9 Å². The number of benzene rings is 1. The zero-order valence-corrected chi connectivity index (χ0v) is 13.6. The normalized spacial score (nSPS) is 14.2. The largest absolute Gasteiger partial charge is 0.359 e. The molecule has 23 heavy (non-hydrogen) atoms. The zero-order chi connectivity index (χ0) is 15.8. The van der Waals surface area contributed by atoms with Crippen molar-refractivity contribution >= 4 is 40.1 Å². The molecule has 1 saturated carbocycles. The first-order valence-electron chi connectivity index (χ1n) is 7.80. The number of halogens is 1. The van der Waals surface area contributed by atoms with Crippen LogP contribution in [0.25, 0.3) is 11.0 Å². The molecule has 1 aliphatic rings. The highest BCUT2D eigenvalue weighted by Crippen LogP contribution is 2.34. The first-order chi connectivity index (χ1) is 11.2. The molecule has 0 unspecified atom stereocenters. The fourth-order valence-corrected chi connectivity index (χ4v) is 2.91. The Morgan fingerprint density at radius 1 is 1.30 bits per heavy atom. The molecule has 2 N–H and O–H groups in total. The molecular weight excluding hydrogens is 310 g/mol. The van der Waals surface area contributed by atoms with Gasteiger partial charge in [-0.15, -0.1) is 0 Å². The van der Waals surface area contributed by atoms with Crippen LogP contribution in [0, 0.1) is 5.92 Å². The maximum Gasteiger partial charge on any atom is 0.203 e. The van der Waals surface area contributed by atoms with E-state index >= 15 is 0 Å². The Kier molecular flexibility index (Phi) is 3.58. The van der Waals surface area contributed by atoms with Gasteiger partial charge in [-0.2, -0.15) is 0 Å². The summed E-state index contributed by atoms with van der Waals surface area (Å²) in [5, 5.41) is 7.14. The fraction of sp³-hybridized carbons (Fsp3) is 0.294. The molecule has 1 fully saturated rings. The predicted molar refractivity (Wildman–Crippen MR) is 94.5 cm³/mol. The number of hydrogen-bond donors (Lipinski definition) is 2. The summed E-state index contributed by atoms with van der Waals surface area (Å²) < 4.78 is 2.24. The number of fused-ring (bicyclic) bond motifs is 1. The lowest BCUT2D eigenvalue weighted by atomic mass is 10.3. The molecule has 1 aromatic carbocycles. The third-order valence-corrected chi connectivity index (χ3v) is 4.46. The average molecular weight is 328 g/mol. The molecule has 3 aromatic rings. The van der Waals surface area contributed by atoms with E-state index in [1.54, 1.807) is 6.20 Å². The molecule has 0 spiro atoms. The third kappa shape index (κ3) is 2.84. The molecule has 0 aliphatic heterocycles. The number of nitrogens with one attached hydrogen (secondary N) is 2. The van der Waals surface area contributed by atoms with Gasteiger partial charge in [0.15, 0.2) is 0 Å². The van der Waals surface area contributed by atoms with Gasteiger partial charge in [0.05, 0.1) is 22.4 Å². The van der Waals surface area contributed by atoms with Gasteiger partial charge in [-0.3, -0.25) is 0 Å². The van der Waals surface area contributed by atoms with Crippen molar-refractivity contribution in [3.63, 3.8) is 0 Å². The van der Waals surface area contributed by atoms with E-state index in [9.17, 15) is 0 Å². The Hall–Kier alpha value is -2.27. The molecule has 5 nitrogen and oxygen atoms in total. The topological polar surface area (TPSA) is 54.8 Å². The summed E-state index contributed by atoms with van der Waals surface area (Å²) in [6.07, 6.45) is 4.41. The third-order valence-electron chi connectivity index (χ3n) is 4.13. The predicted octanol–water partition coefficient (Wildman–Crippen LogP) is 4.28. The second-order valence-corrected chi connectivity index (χ2v) is 6.31. The quantitative estimate of drug-likeness (QED) is 0.734. The Balaban J connectivity index is 1.72. The number of para-hydroxylation sites is 1. The Labute approximate surface area is 139 Å². The van der Waals surface area contributed by atoms with Crippen LogP contribution in [-0.2, 0) is 6.54 Å². The summed E-state index contributed by atoms with van der Waals surface area (Å²) in [5.74, 6) is 2.43. The highest BCUT2D eigenvalue weighted by molar-refractivity contribution is 6.33. The molecule has 118 valence electrons.